The standard InChI is InChI=1S/C20H28N4O3/c25-18-6-5-16(12-21-18)20(27)23-9-7-14(8-10-23)13-24-19(26)11-15-3-1-2-4-17(15)22-24/h11,14,16H,1-10,12-13H2,(H,21,25). The Morgan fingerprint density at radius 3 is 2.63 bits per heavy atom. The zero-order chi connectivity index (χ0) is 18.8. The first-order valence-electron chi connectivity index (χ1n) is 10.3. The summed E-state index contributed by atoms with van der Waals surface area (Å²) in [7, 11) is 0. The zero-order valence-corrected chi connectivity index (χ0v) is 15.8. The number of carbonyl (C=O) groups is 2. The number of hydrogen-bond acceptors (Lipinski definition) is 4. The van der Waals surface area contributed by atoms with Gasteiger partial charge in [0.25, 0.3) is 5.56 Å². The van der Waals surface area contributed by atoms with E-state index in [9.17, 15) is 14.4 Å². The van der Waals surface area contributed by atoms with Crippen LogP contribution < -0.4 is 10.9 Å². The summed E-state index contributed by atoms with van der Waals surface area (Å²) < 4.78 is 1.64. The third-order valence-electron chi connectivity index (χ3n) is 6.25. The lowest BCUT2D eigenvalue weighted by Gasteiger charge is -2.35. The number of aromatic nitrogens is 2. The monoisotopic (exact) mass is 372 g/mol. The maximum absolute atomic E-state index is 12.6. The van der Waals surface area contributed by atoms with Crippen molar-refractivity contribution in [3.8, 4) is 0 Å². The molecule has 7 nitrogen and oxygen atoms in total. The van der Waals surface area contributed by atoms with Gasteiger partial charge in [0.15, 0.2) is 0 Å². The molecule has 146 valence electrons. The molecule has 0 bridgehead atoms. The maximum Gasteiger partial charge on any atom is 0.267 e. The molecule has 0 aromatic carbocycles. The molecule has 2 amide bonds. The van der Waals surface area contributed by atoms with Crippen molar-refractivity contribution in [2.24, 2.45) is 11.8 Å². The molecule has 0 spiro atoms. The van der Waals surface area contributed by atoms with Gasteiger partial charge < -0.3 is 10.2 Å². The van der Waals surface area contributed by atoms with Crippen molar-refractivity contribution in [1.29, 1.82) is 0 Å². The van der Waals surface area contributed by atoms with Crippen LogP contribution in [-0.2, 0) is 29.0 Å². The molecule has 2 fully saturated rings. The molecule has 1 aromatic heterocycles. The molecular weight excluding hydrogens is 344 g/mol. The molecule has 2 aliphatic heterocycles. The van der Waals surface area contributed by atoms with Gasteiger partial charge >= 0.3 is 0 Å². The number of amides is 2. The lowest BCUT2D eigenvalue weighted by atomic mass is 9.93. The molecule has 1 N–H and O–H groups in total. The van der Waals surface area contributed by atoms with Gasteiger partial charge in [0.1, 0.15) is 0 Å². The highest BCUT2D eigenvalue weighted by atomic mass is 16.2. The lowest BCUT2D eigenvalue weighted by Crippen LogP contribution is -2.47. The van der Waals surface area contributed by atoms with Crippen LogP contribution >= 0.6 is 0 Å². The molecule has 3 aliphatic rings. The molecule has 1 unspecified atom stereocenters. The van der Waals surface area contributed by atoms with Crippen molar-refractivity contribution < 1.29 is 9.59 Å². The third kappa shape index (κ3) is 4.06. The Hall–Kier alpha value is -2.18. The van der Waals surface area contributed by atoms with E-state index in [-0.39, 0.29) is 23.3 Å². The Balaban J connectivity index is 1.33. The first-order valence-corrected chi connectivity index (χ1v) is 10.3. The number of fused-ring (bicyclic) bond motifs is 1. The van der Waals surface area contributed by atoms with Crippen LogP contribution in [0.25, 0.3) is 0 Å². The summed E-state index contributed by atoms with van der Waals surface area (Å²) in [5.74, 6) is 0.509. The van der Waals surface area contributed by atoms with E-state index in [1.54, 1.807) is 10.7 Å². The molecule has 3 heterocycles. The fourth-order valence-electron chi connectivity index (χ4n) is 4.51. The number of hydrogen-bond donors (Lipinski definition) is 1. The smallest absolute Gasteiger partial charge is 0.267 e. The topological polar surface area (TPSA) is 84.3 Å². The second-order valence-corrected chi connectivity index (χ2v) is 8.15. The van der Waals surface area contributed by atoms with Crippen LogP contribution in [0, 0.1) is 11.8 Å². The van der Waals surface area contributed by atoms with Crippen molar-refractivity contribution in [2.75, 3.05) is 19.6 Å². The number of rotatable bonds is 3. The van der Waals surface area contributed by atoms with Gasteiger partial charge in [0.05, 0.1) is 11.6 Å². The van der Waals surface area contributed by atoms with Gasteiger partial charge in [-0.05, 0) is 56.4 Å². The first kappa shape index (κ1) is 18.2. The summed E-state index contributed by atoms with van der Waals surface area (Å²) >= 11 is 0. The highest BCUT2D eigenvalue weighted by molar-refractivity contribution is 5.83. The second-order valence-electron chi connectivity index (χ2n) is 8.15. The third-order valence-corrected chi connectivity index (χ3v) is 6.25. The quantitative estimate of drug-likeness (QED) is 0.854. The van der Waals surface area contributed by atoms with Gasteiger partial charge in [0, 0.05) is 38.7 Å². The average molecular weight is 372 g/mol. The van der Waals surface area contributed by atoms with Gasteiger partial charge in [-0.3, -0.25) is 14.4 Å². The zero-order valence-electron chi connectivity index (χ0n) is 15.8. The van der Waals surface area contributed by atoms with E-state index in [2.05, 4.69) is 10.4 Å². The van der Waals surface area contributed by atoms with E-state index >= 15 is 0 Å². The van der Waals surface area contributed by atoms with Crippen molar-refractivity contribution >= 4 is 11.8 Å². The van der Waals surface area contributed by atoms with E-state index in [1.165, 1.54) is 0 Å². The Bertz CT molecular complexity index is 770. The van der Waals surface area contributed by atoms with Crippen molar-refractivity contribution in [3.63, 3.8) is 0 Å². The summed E-state index contributed by atoms with van der Waals surface area (Å²) in [4.78, 5) is 38.2. The van der Waals surface area contributed by atoms with E-state index in [0.29, 0.717) is 31.8 Å². The van der Waals surface area contributed by atoms with Crippen LogP contribution in [0.3, 0.4) is 0 Å². The molecule has 27 heavy (non-hydrogen) atoms. The van der Waals surface area contributed by atoms with Gasteiger partial charge in [-0.2, -0.15) is 5.10 Å². The molecule has 0 radical (unpaired) electrons. The average Bonchev–Trinajstić information content (AvgIpc) is 2.69. The van der Waals surface area contributed by atoms with Crippen LogP contribution in [0.15, 0.2) is 10.9 Å². The predicted octanol–water partition coefficient (Wildman–Crippen LogP) is 0.887. The van der Waals surface area contributed by atoms with Gasteiger partial charge in [0.2, 0.25) is 11.8 Å². The van der Waals surface area contributed by atoms with Crippen molar-refractivity contribution in [2.45, 2.75) is 57.9 Å². The van der Waals surface area contributed by atoms with E-state index < -0.39 is 0 Å². The Labute approximate surface area is 159 Å². The summed E-state index contributed by atoms with van der Waals surface area (Å²) in [5, 5.41) is 7.42. The molecule has 4 rings (SSSR count). The summed E-state index contributed by atoms with van der Waals surface area (Å²) in [6, 6.07) is 1.78. The summed E-state index contributed by atoms with van der Waals surface area (Å²) in [5.41, 5.74) is 2.22. The normalized spacial score (nSPS) is 23.6. The molecule has 1 aliphatic carbocycles. The predicted molar refractivity (Wildman–Crippen MR) is 100 cm³/mol. The lowest BCUT2D eigenvalue weighted by molar-refractivity contribution is -0.138. The van der Waals surface area contributed by atoms with E-state index in [1.807, 2.05) is 4.90 Å². The second kappa shape index (κ2) is 7.82. The van der Waals surface area contributed by atoms with Crippen LogP contribution in [0.1, 0.15) is 49.8 Å². The first-order chi connectivity index (χ1) is 13.1. The highest BCUT2D eigenvalue weighted by Gasteiger charge is 2.31. The van der Waals surface area contributed by atoms with Gasteiger partial charge in [-0.25, -0.2) is 4.68 Å². The van der Waals surface area contributed by atoms with Crippen LogP contribution in [0.2, 0.25) is 0 Å². The fraction of sp³-hybridized carbons (Fsp3) is 0.700. The number of piperidine rings is 2. The van der Waals surface area contributed by atoms with E-state index in [0.717, 1.165) is 62.9 Å². The summed E-state index contributed by atoms with van der Waals surface area (Å²) in [6.45, 7) is 2.57. The van der Waals surface area contributed by atoms with Gasteiger partial charge in [-0.15, -0.1) is 0 Å². The largest absolute Gasteiger partial charge is 0.355 e. The van der Waals surface area contributed by atoms with Crippen LogP contribution in [-0.4, -0.2) is 46.1 Å². The number of nitrogens with zero attached hydrogens (tertiary/aromatic N) is 3. The Morgan fingerprint density at radius 1 is 1.11 bits per heavy atom. The Morgan fingerprint density at radius 2 is 1.89 bits per heavy atom. The highest BCUT2D eigenvalue weighted by Crippen LogP contribution is 2.23. The number of likely N-dealkylation sites (tertiary alicyclic amines) is 1. The minimum atomic E-state index is -0.0795. The molecule has 0 saturated carbocycles. The van der Waals surface area contributed by atoms with Crippen molar-refractivity contribution in [1.82, 2.24) is 20.0 Å². The molecule has 2 saturated heterocycles. The SMILES string of the molecule is O=C1CCC(C(=O)N2CCC(Cn3nc4c(cc3=O)CCCC4)CC2)CN1. The Kier molecular flexibility index (Phi) is 5.27. The maximum atomic E-state index is 12.6. The number of nitrogens with one attached hydrogen (secondary N) is 1. The van der Waals surface area contributed by atoms with Gasteiger partial charge in [-0.1, -0.05) is 0 Å². The van der Waals surface area contributed by atoms with Crippen LogP contribution in [0.5, 0.6) is 0 Å². The number of aryl methyl sites for hydroxylation is 2. The molecular formula is C20H28N4O3. The molecule has 1 aromatic rings. The minimum absolute atomic E-state index is 0.00658. The molecule has 7 heteroatoms. The molecule has 1 atom stereocenters. The van der Waals surface area contributed by atoms with E-state index in [4.69, 9.17) is 0 Å². The fourth-order valence-corrected chi connectivity index (χ4v) is 4.51. The number of carbonyl (C=O) groups excluding carboxylic acids is 2. The van der Waals surface area contributed by atoms with Crippen LogP contribution in [0.4, 0.5) is 0 Å². The summed E-state index contributed by atoms with van der Waals surface area (Å²) in [6.07, 6.45) is 7.14. The minimum Gasteiger partial charge on any atom is -0.355 e. The van der Waals surface area contributed by atoms with Crippen molar-refractivity contribution in [3.05, 3.63) is 27.7 Å².